The Hall–Kier alpha value is -1.27. The molecule has 0 radical (unpaired) electrons. The van der Waals surface area contributed by atoms with Gasteiger partial charge in [-0.25, -0.2) is 0 Å². The second-order valence-electron chi connectivity index (χ2n) is 7.44. The lowest BCUT2D eigenvalue weighted by Crippen LogP contribution is -2.41. The Morgan fingerprint density at radius 3 is 2.19 bits per heavy atom. The molecule has 1 aliphatic heterocycles. The van der Waals surface area contributed by atoms with E-state index in [1.54, 1.807) is 30.6 Å². The Balaban J connectivity index is 1.80. The molecule has 2 heterocycles. The minimum Gasteiger partial charge on any atom is -0.484 e. The van der Waals surface area contributed by atoms with Gasteiger partial charge in [-0.3, -0.25) is 4.98 Å². The molecule has 0 spiro atoms. The Labute approximate surface area is 164 Å². The van der Waals surface area contributed by atoms with E-state index < -0.39 is 18.3 Å². The molecule has 1 fully saturated rings. The Morgan fingerprint density at radius 1 is 1.04 bits per heavy atom. The summed E-state index contributed by atoms with van der Waals surface area (Å²) in [5.41, 5.74) is 0.732. The molecular weight excluding hydrogens is 372 g/mol. The van der Waals surface area contributed by atoms with Crippen molar-refractivity contribution in [2.45, 2.75) is 51.9 Å². The topological polar surface area (TPSA) is 40.6 Å². The summed E-state index contributed by atoms with van der Waals surface area (Å²) in [6, 6.07) is 7.26. The first-order valence-corrected chi connectivity index (χ1v) is 9.27. The number of hydrogen-bond acceptors (Lipinski definition) is 4. The van der Waals surface area contributed by atoms with E-state index in [0.29, 0.717) is 15.8 Å². The highest BCUT2D eigenvalue weighted by molar-refractivity contribution is 6.62. The summed E-state index contributed by atoms with van der Waals surface area (Å²) in [6.07, 6.45) is 3.05. The summed E-state index contributed by atoms with van der Waals surface area (Å²) in [5, 5.41) is 1.14. The van der Waals surface area contributed by atoms with Crippen LogP contribution in [0.1, 0.15) is 46.3 Å². The van der Waals surface area contributed by atoms with Crippen LogP contribution >= 0.6 is 23.2 Å². The SMILES string of the molecule is C[C@@H](Oc1cncc(B2OC(C)(C)C(C)(C)O2)c1)c1c(Cl)cccc1Cl. The lowest BCUT2D eigenvalue weighted by atomic mass is 9.80. The molecule has 1 aromatic carbocycles. The van der Waals surface area contributed by atoms with Crippen LogP contribution in [0.25, 0.3) is 0 Å². The lowest BCUT2D eigenvalue weighted by molar-refractivity contribution is 0.00578. The molecule has 0 bridgehead atoms. The molecule has 0 unspecified atom stereocenters. The first-order valence-electron chi connectivity index (χ1n) is 8.52. The lowest BCUT2D eigenvalue weighted by Gasteiger charge is -2.32. The second-order valence-corrected chi connectivity index (χ2v) is 8.25. The number of rotatable bonds is 4. The quantitative estimate of drug-likeness (QED) is 0.697. The van der Waals surface area contributed by atoms with E-state index in [0.717, 1.165) is 11.0 Å². The number of benzene rings is 1. The number of pyridine rings is 1. The third-order valence-electron chi connectivity index (χ3n) is 4.98. The number of aromatic nitrogens is 1. The summed E-state index contributed by atoms with van der Waals surface area (Å²) < 4.78 is 18.2. The average Bonchev–Trinajstić information content (AvgIpc) is 2.75. The summed E-state index contributed by atoms with van der Waals surface area (Å²) in [6.45, 7) is 9.96. The van der Waals surface area contributed by atoms with Gasteiger partial charge in [-0.2, -0.15) is 0 Å². The fraction of sp³-hybridized carbons (Fsp3) is 0.421. The van der Waals surface area contributed by atoms with Crippen LogP contribution in [0.5, 0.6) is 5.75 Å². The molecule has 4 nitrogen and oxygen atoms in total. The number of hydrogen-bond donors (Lipinski definition) is 0. The Morgan fingerprint density at radius 2 is 1.62 bits per heavy atom. The zero-order valence-electron chi connectivity index (χ0n) is 15.5. The molecule has 0 saturated carbocycles. The van der Waals surface area contributed by atoms with Crippen LogP contribution in [0, 0.1) is 0 Å². The average molecular weight is 394 g/mol. The van der Waals surface area contributed by atoms with Crippen molar-refractivity contribution in [2.24, 2.45) is 0 Å². The Kier molecular flexibility index (Phi) is 5.28. The highest BCUT2D eigenvalue weighted by Gasteiger charge is 2.51. The van der Waals surface area contributed by atoms with Gasteiger partial charge in [0, 0.05) is 27.3 Å². The van der Waals surface area contributed by atoms with E-state index in [9.17, 15) is 0 Å². The Bertz CT molecular complexity index is 777. The molecular formula is C19H22BCl2NO3. The van der Waals surface area contributed by atoms with Crippen molar-refractivity contribution in [3.8, 4) is 5.75 Å². The first kappa shape index (κ1) is 19.5. The zero-order valence-corrected chi connectivity index (χ0v) is 17.1. The van der Waals surface area contributed by atoms with Gasteiger partial charge in [-0.15, -0.1) is 0 Å². The number of halogens is 2. The molecule has 0 aliphatic carbocycles. The van der Waals surface area contributed by atoms with Crippen molar-refractivity contribution in [1.82, 2.24) is 4.98 Å². The van der Waals surface area contributed by atoms with Crippen molar-refractivity contribution in [2.75, 3.05) is 0 Å². The highest BCUT2D eigenvalue weighted by Crippen LogP contribution is 2.37. The van der Waals surface area contributed by atoms with Gasteiger partial charge in [0.1, 0.15) is 11.9 Å². The van der Waals surface area contributed by atoms with E-state index in [2.05, 4.69) is 4.98 Å². The van der Waals surface area contributed by atoms with Crippen molar-refractivity contribution in [3.05, 3.63) is 52.3 Å². The van der Waals surface area contributed by atoms with Gasteiger partial charge in [-0.1, -0.05) is 29.3 Å². The minimum atomic E-state index is -0.491. The van der Waals surface area contributed by atoms with Gasteiger partial charge in [-0.05, 0) is 52.8 Å². The number of ether oxygens (including phenoxy) is 1. The highest BCUT2D eigenvalue weighted by atomic mass is 35.5. The van der Waals surface area contributed by atoms with E-state index in [4.69, 9.17) is 37.2 Å². The standard InChI is InChI=1S/C19H22BCl2NO3/c1-12(17-15(21)7-6-8-16(17)22)24-14-9-13(10-23-11-14)20-25-18(2,3)19(4,5)26-20/h6-12H,1-5H3/t12-/m1/s1. The van der Waals surface area contributed by atoms with Crippen LogP contribution in [0.3, 0.4) is 0 Å². The van der Waals surface area contributed by atoms with Crippen LogP contribution in [-0.2, 0) is 9.31 Å². The van der Waals surface area contributed by atoms with Crippen LogP contribution in [0.2, 0.25) is 10.0 Å². The fourth-order valence-electron chi connectivity index (χ4n) is 2.77. The molecule has 138 valence electrons. The van der Waals surface area contributed by atoms with Crippen molar-refractivity contribution >= 4 is 35.8 Å². The maximum atomic E-state index is 6.27. The predicted octanol–water partition coefficient (Wildman–Crippen LogP) is 4.83. The van der Waals surface area contributed by atoms with E-state index in [1.807, 2.05) is 40.7 Å². The van der Waals surface area contributed by atoms with E-state index in [1.165, 1.54) is 0 Å². The van der Waals surface area contributed by atoms with Crippen LogP contribution in [0.15, 0.2) is 36.7 Å². The van der Waals surface area contributed by atoms with Gasteiger partial charge >= 0.3 is 7.12 Å². The molecule has 0 N–H and O–H groups in total. The van der Waals surface area contributed by atoms with E-state index in [-0.39, 0.29) is 6.10 Å². The summed E-state index contributed by atoms with van der Waals surface area (Å²) >= 11 is 12.5. The summed E-state index contributed by atoms with van der Waals surface area (Å²) in [7, 11) is -0.491. The molecule has 2 aromatic rings. The van der Waals surface area contributed by atoms with Gasteiger partial charge in [0.25, 0.3) is 0 Å². The van der Waals surface area contributed by atoms with Gasteiger partial charge in [0.2, 0.25) is 0 Å². The third kappa shape index (κ3) is 3.72. The second kappa shape index (κ2) is 7.04. The van der Waals surface area contributed by atoms with Gasteiger partial charge < -0.3 is 14.0 Å². The maximum Gasteiger partial charge on any atom is 0.496 e. The minimum absolute atomic E-state index is 0.327. The molecule has 26 heavy (non-hydrogen) atoms. The maximum absolute atomic E-state index is 6.27. The first-order chi connectivity index (χ1) is 12.1. The molecule has 0 amide bonds. The summed E-state index contributed by atoms with van der Waals surface area (Å²) in [5.74, 6) is 0.598. The zero-order chi connectivity index (χ0) is 19.1. The molecule has 1 aromatic heterocycles. The van der Waals surface area contributed by atoms with E-state index >= 15 is 0 Å². The van der Waals surface area contributed by atoms with Gasteiger partial charge in [0.05, 0.1) is 17.4 Å². The third-order valence-corrected chi connectivity index (χ3v) is 5.64. The molecule has 1 saturated heterocycles. The van der Waals surface area contributed by atoms with Crippen LogP contribution in [0.4, 0.5) is 0 Å². The molecule has 1 atom stereocenters. The van der Waals surface area contributed by atoms with Crippen molar-refractivity contribution < 1.29 is 14.0 Å². The molecule has 7 heteroatoms. The van der Waals surface area contributed by atoms with Crippen LogP contribution < -0.4 is 10.2 Å². The summed E-state index contributed by atoms with van der Waals surface area (Å²) in [4.78, 5) is 4.27. The van der Waals surface area contributed by atoms with Crippen LogP contribution in [-0.4, -0.2) is 23.3 Å². The smallest absolute Gasteiger partial charge is 0.484 e. The largest absolute Gasteiger partial charge is 0.496 e. The monoisotopic (exact) mass is 393 g/mol. The van der Waals surface area contributed by atoms with Gasteiger partial charge in [0.15, 0.2) is 0 Å². The predicted molar refractivity (Wildman–Crippen MR) is 105 cm³/mol. The molecule has 1 aliphatic rings. The number of nitrogens with zero attached hydrogens (tertiary/aromatic N) is 1. The van der Waals surface area contributed by atoms with Crippen molar-refractivity contribution in [3.63, 3.8) is 0 Å². The normalized spacial score (nSPS) is 19.4. The fourth-order valence-corrected chi connectivity index (χ4v) is 3.47. The van der Waals surface area contributed by atoms with Crippen molar-refractivity contribution in [1.29, 1.82) is 0 Å². The molecule has 3 rings (SSSR count).